The third-order valence-corrected chi connectivity index (χ3v) is 2.76. The van der Waals surface area contributed by atoms with E-state index in [0.29, 0.717) is 6.54 Å². The van der Waals surface area contributed by atoms with Crippen LogP contribution in [0.1, 0.15) is 12.0 Å². The lowest BCUT2D eigenvalue weighted by molar-refractivity contribution is -0.141. The fourth-order valence-electron chi connectivity index (χ4n) is 1.61. The lowest BCUT2D eigenvalue weighted by atomic mass is 10.2. The summed E-state index contributed by atoms with van der Waals surface area (Å²) in [6.45, 7) is 2.68. The van der Waals surface area contributed by atoms with Crippen LogP contribution in [0.3, 0.4) is 0 Å². The molecule has 1 aromatic carbocycles. The lowest BCUT2D eigenvalue weighted by Gasteiger charge is -2.16. The predicted molar refractivity (Wildman–Crippen MR) is 73.9 cm³/mol. The molecular formula is C14H20N2O3. The van der Waals surface area contributed by atoms with E-state index in [1.165, 1.54) is 7.11 Å². The number of nitrogens with zero attached hydrogens (tertiary/aromatic N) is 1. The highest BCUT2D eigenvalue weighted by Gasteiger charge is 2.09. The summed E-state index contributed by atoms with van der Waals surface area (Å²) in [5, 5.41) is 2.85. The number of benzene rings is 1. The first-order valence-electron chi connectivity index (χ1n) is 6.13. The van der Waals surface area contributed by atoms with Crippen LogP contribution in [-0.4, -0.2) is 44.0 Å². The van der Waals surface area contributed by atoms with Gasteiger partial charge in [0.2, 0.25) is 5.91 Å². The van der Waals surface area contributed by atoms with E-state index in [2.05, 4.69) is 10.1 Å². The van der Waals surface area contributed by atoms with Crippen LogP contribution in [0.25, 0.3) is 0 Å². The Bertz CT molecular complexity index is 446. The smallest absolute Gasteiger partial charge is 0.306 e. The molecule has 0 aliphatic rings. The zero-order valence-electron chi connectivity index (χ0n) is 11.6. The molecule has 0 aromatic heterocycles. The molecule has 104 valence electrons. The predicted octanol–water partition coefficient (Wildman–Crippen LogP) is 1.43. The average molecular weight is 264 g/mol. The van der Waals surface area contributed by atoms with Crippen LogP contribution in [0, 0.1) is 6.92 Å². The Morgan fingerprint density at radius 2 is 2.00 bits per heavy atom. The number of esters is 1. The van der Waals surface area contributed by atoms with Gasteiger partial charge in [-0.25, -0.2) is 0 Å². The third kappa shape index (κ3) is 5.52. The zero-order valence-corrected chi connectivity index (χ0v) is 11.6. The summed E-state index contributed by atoms with van der Waals surface area (Å²) in [4.78, 5) is 24.6. The highest BCUT2D eigenvalue weighted by Crippen LogP contribution is 2.12. The van der Waals surface area contributed by atoms with Crippen LogP contribution < -0.4 is 5.32 Å². The number of carbonyl (C=O) groups excluding carboxylic acids is 2. The molecule has 5 heteroatoms. The molecule has 1 aromatic rings. The number of methoxy groups -OCH3 is 1. The van der Waals surface area contributed by atoms with E-state index in [1.54, 1.807) is 11.9 Å². The van der Waals surface area contributed by atoms with Gasteiger partial charge in [0.15, 0.2) is 0 Å². The second-order valence-corrected chi connectivity index (χ2v) is 4.43. The molecule has 0 fully saturated rings. The summed E-state index contributed by atoms with van der Waals surface area (Å²) in [6, 6.07) is 7.61. The van der Waals surface area contributed by atoms with Gasteiger partial charge in [-0.1, -0.05) is 18.2 Å². The first-order chi connectivity index (χ1) is 9.02. The Morgan fingerprint density at radius 3 is 2.63 bits per heavy atom. The number of para-hydroxylation sites is 1. The van der Waals surface area contributed by atoms with Gasteiger partial charge in [-0.15, -0.1) is 0 Å². The molecule has 0 heterocycles. The number of ether oxygens (including phenoxy) is 1. The van der Waals surface area contributed by atoms with Crippen molar-refractivity contribution in [3.8, 4) is 0 Å². The average Bonchev–Trinajstić information content (AvgIpc) is 2.38. The standard InChI is InChI=1S/C14H20N2O3/c1-11-6-4-5-7-12(11)15-13(17)10-16(2)9-8-14(18)19-3/h4-7H,8-10H2,1-3H3,(H,15,17). The molecule has 1 amide bonds. The molecule has 5 nitrogen and oxygen atoms in total. The Morgan fingerprint density at radius 1 is 1.32 bits per heavy atom. The van der Waals surface area contributed by atoms with Crippen LogP contribution in [0.5, 0.6) is 0 Å². The molecule has 19 heavy (non-hydrogen) atoms. The molecule has 1 N–H and O–H groups in total. The van der Waals surface area contributed by atoms with Crippen molar-refractivity contribution in [1.29, 1.82) is 0 Å². The first kappa shape index (κ1) is 15.2. The Hall–Kier alpha value is -1.88. The minimum Gasteiger partial charge on any atom is -0.469 e. The van der Waals surface area contributed by atoms with Gasteiger partial charge in [-0.05, 0) is 25.6 Å². The summed E-state index contributed by atoms with van der Waals surface area (Å²) >= 11 is 0. The minimum atomic E-state index is -0.272. The monoisotopic (exact) mass is 264 g/mol. The number of carbonyl (C=O) groups is 2. The van der Waals surface area contributed by atoms with Crippen molar-refractivity contribution in [2.45, 2.75) is 13.3 Å². The maximum atomic E-state index is 11.8. The van der Waals surface area contributed by atoms with Gasteiger partial charge in [0.1, 0.15) is 0 Å². The van der Waals surface area contributed by atoms with Crippen molar-refractivity contribution in [3.63, 3.8) is 0 Å². The summed E-state index contributed by atoms with van der Waals surface area (Å²) in [5.74, 6) is -0.368. The van der Waals surface area contributed by atoms with Crippen molar-refractivity contribution >= 4 is 17.6 Å². The van der Waals surface area contributed by atoms with E-state index in [0.717, 1.165) is 11.3 Å². The van der Waals surface area contributed by atoms with Crippen LogP contribution in [0.4, 0.5) is 5.69 Å². The number of aryl methyl sites for hydroxylation is 1. The Labute approximate surface area is 113 Å². The molecule has 0 aliphatic carbocycles. The zero-order chi connectivity index (χ0) is 14.3. The van der Waals surface area contributed by atoms with Crippen molar-refractivity contribution < 1.29 is 14.3 Å². The number of amides is 1. The molecule has 0 bridgehead atoms. The second-order valence-electron chi connectivity index (χ2n) is 4.43. The van der Waals surface area contributed by atoms with Crippen LogP contribution in [0.2, 0.25) is 0 Å². The van der Waals surface area contributed by atoms with E-state index < -0.39 is 0 Å². The highest BCUT2D eigenvalue weighted by molar-refractivity contribution is 5.92. The van der Waals surface area contributed by atoms with Crippen molar-refractivity contribution in [2.75, 3.05) is 32.6 Å². The van der Waals surface area contributed by atoms with Crippen LogP contribution in [-0.2, 0) is 14.3 Å². The lowest BCUT2D eigenvalue weighted by Crippen LogP contribution is -2.32. The van der Waals surface area contributed by atoms with Crippen molar-refractivity contribution in [2.24, 2.45) is 0 Å². The van der Waals surface area contributed by atoms with E-state index in [-0.39, 0.29) is 24.8 Å². The van der Waals surface area contributed by atoms with Gasteiger partial charge in [-0.2, -0.15) is 0 Å². The summed E-state index contributed by atoms with van der Waals surface area (Å²) in [7, 11) is 3.15. The van der Waals surface area contributed by atoms with Crippen LogP contribution >= 0.6 is 0 Å². The summed E-state index contributed by atoms with van der Waals surface area (Å²) < 4.78 is 4.55. The van der Waals surface area contributed by atoms with E-state index >= 15 is 0 Å². The largest absolute Gasteiger partial charge is 0.469 e. The van der Waals surface area contributed by atoms with Gasteiger partial charge in [-0.3, -0.25) is 14.5 Å². The summed E-state index contributed by atoms with van der Waals surface area (Å²) in [5.41, 5.74) is 1.84. The SMILES string of the molecule is COC(=O)CCN(C)CC(=O)Nc1ccccc1C. The molecule has 0 saturated heterocycles. The van der Waals surface area contributed by atoms with E-state index in [9.17, 15) is 9.59 Å². The molecule has 0 aliphatic heterocycles. The van der Waals surface area contributed by atoms with Gasteiger partial charge >= 0.3 is 5.97 Å². The number of hydrogen-bond donors (Lipinski definition) is 1. The van der Waals surface area contributed by atoms with E-state index in [4.69, 9.17) is 0 Å². The molecule has 0 unspecified atom stereocenters. The third-order valence-electron chi connectivity index (χ3n) is 2.76. The molecular weight excluding hydrogens is 244 g/mol. The minimum absolute atomic E-state index is 0.0957. The first-order valence-corrected chi connectivity index (χ1v) is 6.13. The number of rotatable bonds is 6. The molecule has 0 atom stereocenters. The Balaban J connectivity index is 2.39. The normalized spacial score (nSPS) is 10.3. The van der Waals surface area contributed by atoms with Gasteiger partial charge in [0.25, 0.3) is 0 Å². The molecule has 0 radical (unpaired) electrons. The van der Waals surface area contributed by atoms with Gasteiger partial charge in [0.05, 0.1) is 20.1 Å². The fraction of sp³-hybridized carbons (Fsp3) is 0.429. The van der Waals surface area contributed by atoms with E-state index in [1.807, 2.05) is 31.2 Å². The van der Waals surface area contributed by atoms with Crippen molar-refractivity contribution in [3.05, 3.63) is 29.8 Å². The molecule has 0 saturated carbocycles. The fourth-order valence-corrected chi connectivity index (χ4v) is 1.61. The van der Waals surface area contributed by atoms with Crippen molar-refractivity contribution in [1.82, 2.24) is 4.90 Å². The summed E-state index contributed by atoms with van der Waals surface area (Å²) in [6.07, 6.45) is 0.282. The maximum Gasteiger partial charge on any atom is 0.306 e. The molecule has 1 rings (SSSR count). The number of hydrogen-bond acceptors (Lipinski definition) is 4. The second kappa shape index (κ2) is 7.53. The van der Waals surface area contributed by atoms with Gasteiger partial charge < -0.3 is 10.1 Å². The van der Waals surface area contributed by atoms with Crippen LogP contribution in [0.15, 0.2) is 24.3 Å². The highest BCUT2D eigenvalue weighted by atomic mass is 16.5. The Kier molecular flexibility index (Phi) is 6.02. The molecule has 0 spiro atoms. The quantitative estimate of drug-likeness (QED) is 0.790. The number of nitrogens with one attached hydrogen (secondary N) is 1. The number of likely N-dealkylation sites (N-methyl/N-ethyl adjacent to an activating group) is 1. The van der Waals surface area contributed by atoms with Gasteiger partial charge in [0, 0.05) is 12.2 Å². The maximum absolute atomic E-state index is 11.8. The topological polar surface area (TPSA) is 58.6 Å². The number of anilines is 1.